The predicted molar refractivity (Wildman–Crippen MR) is 100 cm³/mol. The third-order valence-corrected chi connectivity index (χ3v) is 5.57. The Morgan fingerprint density at radius 2 is 1.60 bits per heavy atom. The Kier molecular flexibility index (Phi) is 6.09. The predicted octanol–water partition coefficient (Wildman–Crippen LogP) is 5.12. The third kappa shape index (κ3) is 5.05. The molecule has 134 valence electrons. The van der Waals surface area contributed by atoms with Gasteiger partial charge in [-0.05, 0) is 93.4 Å². The molecule has 0 unspecified atom stereocenters. The van der Waals surface area contributed by atoms with Crippen LogP contribution in [0.2, 0.25) is 0 Å². The van der Waals surface area contributed by atoms with Gasteiger partial charge in [-0.25, -0.2) is 4.39 Å². The van der Waals surface area contributed by atoms with Crippen LogP contribution in [0.4, 0.5) is 4.39 Å². The van der Waals surface area contributed by atoms with E-state index in [0.29, 0.717) is 17.7 Å². The molecule has 1 saturated carbocycles. The minimum Gasteiger partial charge on any atom is -0.508 e. The summed E-state index contributed by atoms with van der Waals surface area (Å²) in [6.07, 6.45) is 7.03. The number of phenolic OH excluding ortho intramolecular Hbond substituents is 1. The number of aryl methyl sites for hydroxylation is 1. The van der Waals surface area contributed by atoms with Crippen molar-refractivity contribution in [3.05, 3.63) is 65.5 Å². The fourth-order valence-corrected chi connectivity index (χ4v) is 3.96. The molecule has 0 saturated heterocycles. The number of halogens is 1. The van der Waals surface area contributed by atoms with Crippen molar-refractivity contribution in [2.24, 2.45) is 0 Å². The smallest absolute Gasteiger partial charge is 0.123 e. The second-order valence-electron chi connectivity index (χ2n) is 7.31. The number of hydrogen-bond acceptors (Lipinski definition) is 2. The van der Waals surface area contributed by atoms with Crippen molar-refractivity contribution in [3.63, 3.8) is 0 Å². The van der Waals surface area contributed by atoms with E-state index in [-0.39, 0.29) is 5.82 Å². The Morgan fingerprint density at radius 1 is 0.960 bits per heavy atom. The molecule has 3 heteroatoms. The second kappa shape index (κ2) is 8.48. The molecule has 1 aliphatic carbocycles. The van der Waals surface area contributed by atoms with Gasteiger partial charge < -0.3 is 10.0 Å². The summed E-state index contributed by atoms with van der Waals surface area (Å²) in [7, 11) is 2.23. The molecule has 2 aromatic rings. The third-order valence-electron chi connectivity index (χ3n) is 5.57. The topological polar surface area (TPSA) is 23.5 Å². The van der Waals surface area contributed by atoms with Crippen LogP contribution < -0.4 is 0 Å². The lowest BCUT2D eigenvalue weighted by Gasteiger charge is -2.35. The van der Waals surface area contributed by atoms with E-state index in [1.165, 1.54) is 36.8 Å². The largest absolute Gasteiger partial charge is 0.508 e. The molecule has 0 bridgehead atoms. The van der Waals surface area contributed by atoms with Crippen molar-refractivity contribution in [2.75, 3.05) is 13.6 Å². The SMILES string of the molecule is CN(CCCc1ccc(F)cc1)C1CCC(c2ccc(O)cc2)CC1. The lowest BCUT2D eigenvalue weighted by molar-refractivity contribution is 0.181. The van der Waals surface area contributed by atoms with Crippen LogP contribution in [0.25, 0.3) is 0 Å². The van der Waals surface area contributed by atoms with E-state index in [9.17, 15) is 9.50 Å². The molecule has 3 rings (SSSR count). The summed E-state index contributed by atoms with van der Waals surface area (Å²) in [4.78, 5) is 2.50. The van der Waals surface area contributed by atoms with E-state index in [4.69, 9.17) is 0 Å². The van der Waals surface area contributed by atoms with Gasteiger partial charge in [-0.1, -0.05) is 24.3 Å². The monoisotopic (exact) mass is 341 g/mol. The van der Waals surface area contributed by atoms with Gasteiger partial charge >= 0.3 is 0 Å². The quantitative estimate of drug-likeness (QED) is 0.788. The van der Waals surface area contributed by atoms with Crippen molar-refractivity contribution in [3.8, 4) is 5.75 Å². The Morgan fingerprint density at radius 3 is 2.24 bits per heavy atom. The lowest BCUT2D eigenvalue weighted by Crippen LogP contribution is -2.35. The number of benzene rings is 2. The second-order valence-corrected chi connectivity index (χ2v) is 7.31. The Balaban J connectivity index is 1.41. The zero-order valence-electron chi connectivity index (χ0n) is 15.0. The van der Waals surface area contributed by atoms with Gasteiger partial charge in [0.1, 0.15) is 11.6 Å². The molecule has 0 atom stereocenters. The summed E-state index contributed by atoms with van der Waals surface area (Å²) in [5.41, 5.74) is 2.57. The zero-order valence-corrected chi connectivity index (χ0v) is 15.0. The van der Waals surface area contributed by atoms with Gasteiger partial charge in [0.25, 0.3) is 0 Å². The molecule has 1 N–H and O–H groups in total. The Labute approximate surface area is 150 Å². The first-order valence-corrected chi connectivity index (χ1v) is 9.35. The number of phenols is 1. The Bertz CT molecular complexity index is 645. The average Bonchev–Trinajstić information content (AvgIpc) is 2.64. The highest BCUT2D eigenvalue weighted by atomic mass is 19.1. The first-order chi connectivity index (χ1) is 12.1. The molecule has 0 radical (unpaired) electrons. The summed E-state index contributed by atoms with van der Waals surface area (Å²) in [6.45, 7) is 1.09. The van der Waals surface area contributed by atoms with E-state index >= 15 is 0 Å². The molecule has 1 fully saturated rings. The van der Waals surface area contributed by atoms with Crippen LogP contribution in [-0.2, 0) is 6.42 Å². The number of hydrogen-bond donors (Lipinski definition) is 1. The van der Waals surface area contributed by atoms with Gasteiger partial charge in [0.05, 0.1) is 0 Å². The van der Waals surface area contributed by atoms with Crippen molar-refractivity contribution in [2.45, 2.75) is 50.5 Å². The van der Waals surface area contributed by atoms with Crippen LogP contribution in [-0.4, -0.2) is 29.6 Å². The highest BCUT2D eigenvalue weighted by molar-refractivity contribution is 5.28. The number of nitrogens with zero attached hydrogens (tertiary/aromatic N) is 1. The highest BCUT2D eigenvalue weighted by Crippen LogP contribution is 2.35. The standard InChI is InChI=1S/C22H28FNO/c1-24(16-2-3-17-4-10-20(23)11-5-17)21-12-6-18(7-13-21)19-8-14-22(25)15-9-19/h4-5,8-11,14-15,18,21,25H,2-3,6-7,12-13,16H2,1H3. The van der Waals surface area contributed by atoms with Crippen LogP contribution in [0.1, 0.15) is 49.1 Å². The van der Waals surface area contributed by atoms with Crippen LogP contribution in [0.15, 0.2) is 48.5 Å². The average molecular weight is 341 g/mol. The van der Waals surface area contributed by atoms with Gasteiger partial charge in [0.2, 0.25) is 0 Å². The van der Waals surface area contributed by atoms with Crippen LogP contribution in [0.3, 0.4) is 0 Å². The molecule has 2 nitrogen and oxygen atoms in total. The Hall–Kier alpha value is -1.87. The molecule has 0 aliphatic heterocycles. The normalized spacial score (nSPS) is 20.8. The van der Waals surface area contributed by atoms with E-state index in [0.717, 1.165) is 19.4 Å². The van der Waals surface area contributed by atoms with E-state index in [1.807, 2.05) is 12.1 Å². The van der Waals surface area contributed by atoms with Crippen molar-refractivity contribution < 1.29 is 9.50 Å². The van der Waals surface area contributed by atoms with Gasteiger partial charge in [-0.15, -0.1) is 0 Å². The van der Waals surface area contributed by atoms with Gasteiger partial charge in [-0.3, -0.25) is 0 Å². The van der Waals surface area contributed by atoms with Gasteiger partial charge in [0, 0.05) is 6.04 Å². The first kappa shape index (κ1) is 17.9. The summed E-state index contributed by atoms with van der Waals surface area (Å²) in [5, 5.41) is 9.42. The van der Waals surface area contributed by atoms with E-state index in [2.05, 4.69) is 24.1 Å². The zero-order chi connectivity index (χ0) is 17.6. The molecular formula is C22H28FNO. The maximum absolute atomic E-state index is 12.9. The summed E-state index contributed by atoms with van der Waals surface area (Å²) in [5.74, 6) is 0.814. The fourth-order valence-electron chi connectivity index (χ4n) is 3.96. The van der Waals surface area contributed by atoms with E-state index < -0.39 is 0 Å². The van der Waals surface area contributed by atoms with E-state index in [1.54, 1.807) is 24.3 Å². The molecule has 0 aromatic heterocycles. The molecule has 0 amide bonds. The van der Waals surface area contributed by atoms with Crippen LogP contribution in [0, 0.1) is 5.82 Å². The van der Waals surface area contributed by atoms with Crippen LogP contribution in [0.5, 0.6) is 5.75 Å². The molecule has 0 spiro atoms. The number of aromatic hydroxyl groups is 1. The molecule has 25 heavy (non-hydrogen) atoms. The maximum atomic E-state index is 12.9. The highest BCUT2D eigenvalue weighted by Gasteiger charge is 2.24. The van der Waals surface area contributed by atoms with Gasteiger partial charge in [0.15, 0.2) is 0 Å². The lowest BCUT2D eigenvalue weighted by atomic mass is 9.81. The summed E-state index contributed by atoms with van der Waals surface area (Å²) >= 11 is 0. The molecule has 0 heterocycles. The summed E-state index contributed by atoms with van der Waals surface area (Å²) < 4.78 is 12.9. The minimum atomic E-state index is -0.161. The fraction of sp³-hybridized carbons (Fsp3) is 0.455. The first-order valence-electron chi connectivity index (χ1n) is 9.35. The summed E-state index contributed by atoms with van der Waals surface area (Å²) in [6, 6.07) is 15.2. The molecule has 2 aromatic carbocycles. The number of rotatable bonds is 6. The minimum absolute atomic E-state index is 0.161. The molecular weight excluding hydrogens is 313 g/mol. The molecule has 1 aliphatic rings. The van der Waals surface area contributed by atoms with Crippen molar-refractivity contribution in [1.29, 1.82) is 0 Å². The van der Waals surface area contributed by atoms with Crippen molar-refractivity contribution in [1.82, 2.24) is 4.90 Å². The van der Waals surface area contributed by atoms with Crippen molar-refractivity contribution >= 4 is 0 Å². The van der Waals surface area contributed by atoms with Crippen LogP contribution >= 0.6 is 0 Å². The van der Waals surface area contributed by atoms with Gasteiger partial charge in [-0.2, -0.15) is 0 Å². The maximum Gasteiger partial charge on any atom is 0.123 e.